The third-order valence-corrected chi connectivity index (χ3v) is 7.08. The van der Waals surface area contributed by atoms with Crippen LogP contribution in [0.1, 0.15) is 33.1 Å². The molecular formula is C19H28N2O5S. The van der Waals surface area contributed by atoms with E-state index < -0.39 is 22.0 Å². The van der Waals surface area contributed by atoms with Gasteiger partial charge in [0.1, 0.15) is 6.04 Å². The number of amides is 1. The van der Waals surface area contributed by atoms with Crippen molar-refractivity contribution in [3.8, 4) is 0 Å². The van der Waals surface area contributed by atoms with Crippen molar-refractivity contribution < 1.29 is 22.7 Å². The van der Waals surface area contributed by atoms with Crippen LogP contribution in [0.25, 0.3) is 0 Å². The molecule has 0 spiro atoms. The Kier molecular flexibility index (Phi) is 7.38. The van der Waals surface area contributed by atoms with E-state index in [0.29, 0.717) is 12.8 Å². The van der Waals surface area contributed by atoms with Crippen molar-refractivity contribution in [2.24, 2.45) is 11.8 Å². The molecule has 1 N–H and O–H groups in total. The molecule has 1 aliphatic rings. The predicted molar refractivity (Wildman–Crippen MR) is 101 cm³/mol. The molecule has 27 heavy (non-hydrogen) atoms. The Balaban J connectivity index is 1.98. The Morgan fingerprint density at radius 2 is 1.81 bits per heavy atom. The SMILES string of the molecule is CC[C@H](C)[C@H](NC(=O)C1CCN(S(=O)(=O)c2ccccc2)CC1)C(=O)OC. The molecule has 0 unspecified atom stereocenters. The van der Waals surface area contributed by atoms with Gasteiger partial charge in [0.05, 0.1) is 12.0 Å². The average molecular weight is 397 g/mol. The third kappa shape index (κ3) is 5.07. The number of hydrogen-bond donors (Lipinski definition) is 1. The summed E-state index contributed by atoms with van der Waals surface area (Å²) >= 11 is 0. The first-order valence-corrected chi connectivity index (χ1v) is 10.7. The van der Waals surface area contributed by atoms with Gasteiger partial charge in [-0.3, -0.25) is 4.79 Å². The van der Waals surface area contributed by atoms with Gasteiger partial charge in [0.25, 0.3) is 0 Å². The second-order valence-corrected chi connectivity index (χ2v) is 8.82. The first-order valence-electron chi connectivity index (χ1n) is 9.24. The number of benzene rings is 1. The van der Waals surface area contributed by atoms with Crippen LogP contribution in [0.15, 0.2) is 35.2 Å². The fourth-order valence-corrected chi connectivity index (χ4v) is 4.66. The minimum absolute atomic E-state index is 0.0417. The van der Waals surface area contributed by atoms with Gasteiger partial charge in [0.15, 0.2) is 0 Å². The van der Waals surface area contributed by atoms with Crippen LogP contribution in [0.4, 0.5) is 0 Å². The molecule has 2 atom stereocenters. The molecule has 7 nitrogen and oxygen atoms in total. The van der Waals surface area contributed by atoms with Gasteiger partial charge < -0.3 is 10.1 Å². The van der Waals surface area contributed by atoms with Gasteiger partial charge in [-0.05, 0) is 30.9 Å². The summed E-state index contributed by atoms with van der Waals surface area (Å²) < 4.78 is 31.5. The number of sulfonamides is 1. The molecule has 0 aliphatic carbocycles. The molecule has 1 fully saturated rings. The molecule has 1 amide bonds. The lowest BCUT2D eigenvalue weighted by Crippen LogP contribution is -2.50. The largest absolute Gasteiger partial charge is 0.467 e. The number of esters is 1. The maximum Gasteiger partial charge on any atom is 0.328 e. The van der Waals surface area contributed by atoms with Crippen LogP contribution in [0, 0.1) is 11.8 Å². The molecule has 1 heterocycles. The topological polar surface area (TPSA) is 92.8 Å². The highest BCUT2D eigenvalue weighted by Crippen LogP contribution is 2.24. The van der Waals surface area contributed by atoms with Gasteiger partial charge in [-0.15, -0.1) is 0 Å². The van der Waals surface area contributed by atoms with E-state index >= 15 is 0 Å². The normalized spacial score (nSPS) is 18.5. The quantitative estimate of drug-likeness (QED) is 0.710. The number of rotatable bonds is 7. The van der Waals surface area contributed by atoms with Crippen molar-refractivity contribution >= 4 is 21.9 Å². The fourth-order valence-electron chi connectivity index (χ4n) is 3.17. The molecule has 0 bridgehead atoms. The highest BCUT2D eigenvalue weighted by molar-refractivity contribution is 7.89. The number of carbonyl (C=O) groups excluding carboxylic acids is 2. The summed E-state index contributed by atoms with van der Waals surface area (Å²) in [5, 5.41) is 2.79. The molecule has 1 aromatic carbocycles. The molecule has 1 aromatic rings. The molecular weight excluding hydrogens is 368 g/mol. The van der Waals surface area contributed by atoms with Crippen LogP contribution in [-0.2, 0) is 24.3 Å². The molecule has 1 saturated heterocycles. The lowest BCUT2D eigenvalue weighted by atomic mass is 9.94. The standard InChI is InChI=1S/C19H28N2O5S/c1-4-14(2)17(19(23)26-3)20-18(22)15-10-12-21(13-11-15)27(24,25)16-8-6-5-7-9-16/h5-9,14-15,17H,4,10-13H2,1-3H3,(H,20,22)/t14-,17-/m0/s1. The van der Waals surface area contributed by atoms with Crippen LogP contribution in [0.5, 0.6) is 0 Å². The number of methoxy groups -OCH3 is 1. The van der Waals surface area contributed by atoms with E-state index in [1.807, 2.05) is 13.8 Å². The van der Waals surface area contributed by atoms with E-state index in [4.69, 9.17) is 4.74 Å². The second kappa shape index (κ2) is 9.32. The van der Waals surface area contributed by atoms with Crippen LogP contribution < -0.4 is 5.32 Å². The van der Waals surface area contributed by atoms with Crippen LogP contribution in [-0.4, -0.2) is 50.8 Å². The molecule has 0 radical (unpaired) electrons. The maximum atomic E-state index is 12.7. The summed E-state index contributed by atoms with van der Waals surface area (Å²) in [6.45, 7) is 4.39. The van der Waals surface area contributed by atoms with Crippen molar-refractivity contribution in [1.29, 1.82) is 0 Å². The molecule has 1 aliphatic heterocycles. The van der Waals surface area contributed by atoms with Crippen molar-refractivity contribution in [1.82, 2.24) is 9.62 Å². The predicted octanol–water partition coefficient (Wildman–Crippen LogP) is 1.79. The number of carbonyl (C=O) groups is 2. The molecule has 2 rings (SSSR count). The van der Waals surface area contributed by atoms with Gasteiger partial charge in [-0.25, -0.2) is 13.2 Å². The van der Waals surface area contributed by atoms with Crippen LogP contribution in [0.3, 0.4) is 0 Å². The number of piperidine rings is 1. The molecule has 0 aromatic heterocycles. The van der Waals surface area contributed by atoms with Crippen molar-refractivity contribution in [3.63, 3.8) is 0 Å². The van der Waals surface area contributed by atoms with E-state index in [1.165, 1.54) is 11.4 Å². The minimum Gasteiger partial charge on any atom is -0.467 e. The van der Waals surface area contributed by atoms with Gasteiger partial charge in [0, 0.05) is 19.0 Å². The van der Waals surface area contributed by atoms with E-state index in [2.05, 4.69) is 5.32 Å². The zero-order valence-corrected chi connectivity index (χ0v) is 16.9. The first-order chi connectivity index (χ1) is 12.8. The zero-order chi connectivity index (χ0) is 20.0. The summed E-state index contributed by atoms with van der Waals surface area (Å²) in [6.07, 6.45) is 1.58. The lowest BCUT2D eigenvalue weighted by Gasteiger charge is -2.32. The van der Waals surface area contributed by atoms with Gasteiger partial charge in [-0.1, -0.05) is 38.5 Å². The second-order valence-electron chi connectivity index (χ2n) is 6.89. The van der Waals surface area contributed by atoms with Gasteiger partial charge >= 0.3 is 5.97 Å². The van der Waals surface area contributed by atoms with E-state index in [9.17, 15) is 18.0 Å². The Morgan fingerprint density at radius 3 is 2.33 bits per heavy atom. The maximum absolute atomic E-state index is 12.7. The summed E-state index contributed by atoms with van der Waals surface area (Å²) in [5.74, 6) is -1.03. The molecule has 150 valence electrons. The van der Waals surface area contributed by atoms with E-state index in [0.717, 1.165) is 6.42 Å². The van der Waals surface area contributed by atoms with E-state index in [-0.39, 0.29) is 35.7 Å². The number of nitrogens with zero attached hydrogens (tertiary/aromatic N) is 1. The summed E-state index contributed by atoms with van der Waals surface area (Å²) in [5.41, 5.74) is 0. The highest BCUT2D eigenvalue weighted by atomic mass is 32.2. The lowest BCUT2D eigenvalue weighted by molar-refractivity contribution is -0.147. The fraction of sp³-hybridized carbons (Fsp3) is 0.579. The number of ether oxygens (including phenoxy) is 1. The zero-order valence-electron chi connectivity index (χ0n) is 16.1. The van der Waals surface area contributed by atoms with Gasteiger partial charge in [-0.2, -0.15) is 4.31 Å². The third-order valence-electron chi connectivity index (χ3n) is 5.17. The Morgan fingerprint density at radius 1 is 1.22 bits per heavy atom. The van der Waals surface area contributed by atoms with Crippen LogP contribution >= 0.6 is 0 Å². The smallest absolute Gasteiger partial charge is 0.328 e. The Labute approximate surface area is 161 Å². The Hall–Kier alpha value is -1.93. The summed E-state index contributed by atoms with van der Waals surface area (Å²) in [7, 11) is -2.24. The van der Waals surface area contributed by atoms with Crippen molar-refractivity contribution in [3.05, 3.63) is 30.3 Å². The first kappa shape index (κ1) is 21.4. The van der Waals surface area contributed by atoms with Crippen LogP contribution in [0.2, 0.25) is 0 Å². The molecule has 0 saturated carbocycles. The number of hydrogen-bond acceptors (Lipinski definition) is 5. The van der Waals surface area contributed by atoms with Crippen molar-refractivity contribution in [2.75, 3.05) is 20.2 Å². The van der Waals surface area contributed by atoms with E-state index in [1.54, 1.807) is 30.3 Å². The van der Waals surface area contributed by atoms with Crippen molar-refractivity contribution in [2.45, 2.75) is 44.0 Å². The minimum atomic E-state index is -3.54. The number of nitrogens with one attached hydrogen (secondary N) is 1. The average Bonchev–Trinajstić information content (AvgIpc) is 2.71. The highest BCUT2D eigenvalue weighted by Gasteiger charge is 2.34. The summed E-state index contributed by atoms with van der Waals surface area (Å²) in [6, 6.07) is 7.61. The summed E-state index contributed by atoms with van der Waals surface area (Å²) in [4.78, 5) is 24.8. The Bertz CT molecular complexity index is 743. The van der Waals surface area contributed by atoms with Gasteiger partial charge in [0.2, 0.25) is 15.9 Å². The molecule has 8 heteroatoms. The monoisotopic (exact) mass is 396 g/mol.